The second-order valence-electron chi connectivity index (χ2n) is 9.11. The van der Waals surface area contributed by atoms with E-state index in [-0.39, 0.29) is 23.7 Å². The Labute approximate surface area is 214 Å². The van der Waals surface area contributed by atoms with Gasteiger partial charge in [0.05, 0.1) is 25.2 Å². The molecule has 10 heteroatoms. The topological polar surface area (TPSA) is 103 Å². The third-order valence-corrected chi connectivity index (χ3v) is 7.59. The molecule has 1 fully saturated rings. The van der Waals surface area contributed by atoms with Crippen molar-refractivity contribution in [1.29, 1.82) is 5.41 Å². The second kappa shape index (κ2) is 9.51. The molecule has 0 unspecified atom stereocenters. The van der Waals surface area contributed by atoms with Crippen molar-refractivity contribution in [3.8, 4) is 5.69 Å². The number of hydrazone groups is 1. The molecule has 1 aromatic carbocycles. The Morgan fingerprint density at radius 2 is 1.89 bits per heavy atom. The number of carbonyl (C=O) groups excluding carboxylic acids is 2. The minimum Gasteiger partial charge on any atom is -0.378 e. The van der Waals surface area contributed by atoms with Gasteiger partial charge in [0.15, 0.2) is 5.84 Å². The third kappa shape index (κ3) is 4.42. The number of carbonyl (C=O) groups is 2. The number of benzene rings is 1. The van der Waals surface area contributed by atoms with Gasteiger partial charge in [-0.1, -0.05) is 6.07 Å². The normalized spacial score (nSPS) is 19.1. The first-order valence-corrected chi connectivity index (χ1v) is 12.7. The fraction of sp³-hybridized carbons (Fsp3) is 0.346. The van der Waals surface area contributed by atoms with Crippen molar-refractivity contribution in [3.05, 3.63) is 57.9 Å². The first-order valence-electron chi connectivity index (χ1n) is 11.8. The van der Waals surface area contributed by atoms with Crippen LogP contribution in [0.1, 0.15) is 34.5 Å². The summed E-state index contributed by atoms with van der Waals surface area (Å²) < 4.78 is 7.45. The lowest BCUT2D eigenvalue weighted by atomic mass is 10.1. The average Bonchev–Trinajstić information content (AvgIpc) is 3.38. The minimum atomic E-state index is -0.481. The summed E-state index contributed by atoms with van der Waals surface area (Å²) in [5, 5.41) is 15.3. The van der Waals surface area contributed by atoms with Crippen molar-refractivity contribution >= 4 is 45.7 Å². The minimum absolute atomic E-state index is 0.0395. The number of hydrogen-bond donors (Lipinski definition) is 1. The number of amidine groups is 2. The zero-order chi connectivity index (χ0) is 25.6. The molecule has 36 heavy (non-hydrogen) atoms. The van der Waals surface area contributed by atoms with Crippen molar-refractivity contribution < 1.29 is 14.3 Å². The molecule has 9 nitrogen and oxygen atoms in total. The molecular formula is C26H28N6O3S. The van der Waals surface area contributed by atoms with Gasteiger partial charge in [0.25, 0.3) is 5.91 Å². The molecule has 5 rings (SSSR count). The molecule has 2 aromatic rings. The van der Waals surface area contributed by atoms with Gasteiger partial charge >= 0.3 is 0 Å². The van der Waals surface area contributed by atoms with Crippen LogP contribution in [0.3, 0.4) is 0 Å². The molecule has 1 aromatic heterocycles. The summed E-state index contributed by atoms with van der Waals surface area (Å²) in [5.41, 5.74) is 6.50. The standard InChI is InChI=1S/C26H28N6O3S/c1-15-5-6-20(11-16(15)2)31-17(3)12-19(18(31)4)13-21-24(27)32-26(28-25(21)34)36-22(29-32)14-23(33)30-7-9-35-10-8-30/h5-6,11-13,27H,7-10,14H2,1-4H3. The Morgan fingerprint density at radius 3 is 2.61 bits per heavy atom. The van der Waals surface area contributed by atoms with E-state index in [1.165, 1.54) is 27.9 Å². The van der Waals surface area contributed by atoms with Crippen LogP contribution < -0.4 is 0 Å². The number of morpholine rings is 1. The number of thioether (sulfide) groups is 1. The van der Waals surface area contributed by atoms with Crippen molar-refractivity contribution in [3.63, 3.8) is 0 Å². The average molecular weight is 505 g/mol. The van der Waals surface area contributed by atoms with Gasteiger partial charge in [-0.05, 0) is 80.4 Å². The smallest absolute Gasteiger partial charge is 0.283 e. The lowest BCUT2D eigenvalue weighted by Gasteiger charge is -2.26. The summed E-state index contributed by atoms with van der Waals surface area (Å²) in [7, 11) is 0. The van der Waals surface area contributed by atoms with Gasteiger partial charge in [0.1, 0.15) is 5.04 Å². The van der Waals surface area contributed by atoms with Gasteiger partial charge in [-0.3, -0.25) is 15.0 Å². The number of nitrogens with zero attached hydrogens (tertiary/aromatic N) is 5. The number of rotatable bonds is 4. The van der Waals surface area contributed by atoms with Crippen LogP contribution in [0, 0.1) is 33.1 Å². The maximum Gasteiger partial charge on any atom is 0.283 e. The number of aryl methyl sites for hydroxylation is 3. The van der Waals surface area contributed by atoms with Gasteiger partial charge in [0.2, 0.25) is 11.1 Å². The summed E-state index contributed by atoms with van der Waals surface area (Å²) in [6.45, 7) is 10.4. The number of aliphatic imine (C=N–C) groups is 1. The zero-order valence-electron chi connectivity index (χ0n) is 20.8. The van der Waals surface area contributed by atoms with Gasteiger partial charge < -0.3 is 14.2 Å². The molecule has 0 atom stereocenters. The Bertz CT molecular complexity index is 1380. The molecule has 3 aliphatic rings. The highest BCUT2D eigenvalue weighted by Crippen LogP contribution is 2.31. The van der Waals surface area contributed by atoms with E-state index in [1.807, 2.05) is 19.9 Å². The number of nitrogens with one attached hydrogen (secondary N) is 1. The molecule has 1 saturated heterocycles. The Balaban J connectivity index is 1.40. The maximum absolute atomic E-state index is 12.9. The lowest BCUT2D eigenvalue weighted by molar-refractivity contribution is -0.133. The van der Waals surface area contributed by atoms with Crippen molar-refractivity contribution in [2.24, 2.45) is 10.1 Å². The van der Waals surface area contributed by atoms with Crippen molar-refractivity contribution in [2.45, 2.75) is 34.1 Å². The van der Waals surface area contributed by atoms with Crippen LogP contribution in [0.5, 0.6) is 0 Å². The molecule has 0 spiro atoms. The fourth-order valence-electron chi connectivity index (χ4n) is 4.51. The van der Waals surface area contributed by atoms with E-state index in [4.69, 9.17) is 10.1 Å². The fourth-order valence-corrected chi connectivity index (χ4v) is 5.38. The highest BCUT2D eigenvalue weighted by atomic mass is 32.2. The van der Waals surface area contributed by atoms with Crippen LogP contribution >= 0.6 is 11.8 Å². The molecule has 0 aliphatic carbocycles. The van der Waals surface area contributed by atoms with Gasteiger partial charge in [-0.2, -0.15) is 15.1 Å². The van der Waals surface area contributed by atoms with Crippen LogP contribution in [0.2, 0.25) is 0 Å². The number of amides is 2. The highest BCUT2D eigenvalue weighted by molar-refractivity contribution is 8.27. The van der Waals surface area contributed by atoms with Gasteiger partial charge in [0, 0.05) is 30.2 Å². The number of hydrogen-bond acceptors (Lipinski definition) is 6. The Kier molecular flexibility index (Phi) is 6.40. The molecule has 3 aliphatic heterocycles. The molecule has 1 N–H and O–H groups in total. The van der Waals surface area contributed by atoms with Gasteiger partial charge in [-0.15, -0.1) is 0 Å². The molecule has 0 radical (unpaired) electrons. The van der Waals surface area contributed by atoms with E-state index in [0.717, 1.165) is 22.6 Å². The summed E-state index contributed by atoms with van der Waals surface area (Å²) in [4.78, 5) is 31.4. The monoisotopic (exact) mass is 504 g/mol. The van der Waals surface area contributed by atoms with Crippen molar-refractivity contribution in [2.75, 3.05) is 26.3 Å². The Hall–Kier alpha value is -3.50. The SMILES string of the molecule is Cc1ccc(-n2c(C)cc(C=C3C(=N)N4N=C(CC(=O)N5CCOCC5)SC4=NC3=O)c2C)cc1C. The Morgan fingerprint density at radius 1 is 1.14 bits per heavy atom. The largest absolute Gasteiger partial charge is 0.378 e. The summed E-state index contributed by atoms with van der Waals surface area (Å²) in [6, 6.07) is 8.33. The highest BCUT2D eigenvalue weighted by Gasteiger charge is 2.36. The molecule has 4 heterocycles. The van der Waals surface area contributed by atoms with E-state index >= 15 is 0 Å². The molecule has 186 valence electrons. The van der Waals surface area contributed by atoms with Crippen LogP contribution in [0.4, 0.5) is 0 Å². The number of ether oxygens (including phenoxy) is 1. The summed E-state index contributed by atoms with van der Waals surface area (Å²) in [5.74, 6) is -0.564. The van der Waals surface area contributed by atoms with E-state index in [1.54, 1.807) is 11.0 Å². The van der Waals surface area contributed by atoms with E-state index in [0.29, 0.717) is 36.5 Å². The van der Waals surface area contributed by atoms with E-state index < -0.39 is 5.91 Å². The molecule has 0 bridgehead atoms. The van der Waals surface area contributed by atoms with E-state index in [2.05, 4.69) is 46.7 Å². The predicted molar refractivity (Wildman–Crippen MR) is 142 cm³/mol. The first kappa shape index (κ1) is 24.2. The lowest BCUT2D eigenvalue weighted by Crippen LogP contribution is -2.41. The maximum atomic E-state index is 12.9. The van der Waals surface area contributed by atoms with Gasteiger partial charge in [-0.25, -0.2) is 0 Å². The summed E-state index contributed by atoms with van der Waals surface area (Å²) in [6.07, 6.45) is 1.82. The summed E-state index contributed by atoms with van der Waals surface area (Å²) >= 11 is 1.17. The number of aromatic nitrogens is 1. The second-order valence-corrected chi connectivity index (χ2v) is 10.2. The number of fused-ring (bicyclic) bond motifs is 1. The van der Waals surface area contributed by atoms with E-state index in [9.17, 15) is 9.59 Å². The third-order valence-electron chi connectivity index (χ3n) is 6.68. The van der Waals surface area contributed by atoms with Crippen molar-refractivity contribution in [1.82, 2.24) is 14.5 Å². The van der Waals surface area contributed by atoms with Crippen LogP contribution in [0.15, 0.2) is 39.9 Å². The van der Waals surface area contributed by atoms with Crippen LogP contribution in [-0.2, 0) is 14.3 Å². The zero-order valence-corrected chi connectivity index (χ0v) is 21.6. The quantitative estimate of drug-likeness (QED) is 0.641. The predicted octanol–water partition coefficient (Wildman–Crippen LogP) is 3.58. The van der Waals surface area contributed by atoms with Crippen LogP contribution in [-0.4, -0.2) is 68.6 Å². The molecule has 0 saturated carbocycles. The van der Waals surface area contributed by atoms with Crippen LogP contribution in [0.25, 0.3) is 11.8 Å². The molecule has 2 amide bonds. The molecular weight excluding hydrogens is 476 g/mol. The first-order chi connectivity index (χ1) is 17.2.